The van der Waals surface area contributed by atoms with Gasteiger partial charge in [0.25, 0.3) is 0 Å². The molecule has 0 aliphatic rings. The summed E-state index contributed by atoms with van der Waals surface area (Å²) in [5.41, 5.74) is 8.55. The lowest BCUT2D eigenvalue weighted by atomic mass is 9.99. The fourth-order valence-corrected chi connectivity index (χ4v) is 1.96. The molecular formula is C14H14ClNO. The van der Waals surface area contributed by atoms with Gasteiger partial charge in [-0.15, -0.1) is 0 Å². The van der Waals surface area contributed by atoms with E-state index in [1.54, 1.807) is 6.07 Å². The Labute approximate surface area is 106 Å². The zero-order chi connectivity index (χ0) is 12.4. The number of phenolic OH excluding ortho intramolecular Hbond substituents is 1. The van der Waals surface area contributed by atoms with Crippen LogP contribution in [0.15, 0.2) is 42.5 Å². The molecule has 0 amide bonds. The lowest BCUT2D eigenvalue weighted by Crippen LogP contribution is -2.05. The normalized spacial score (nSPS) is 12.4. The van der Waals surface area contributed by atoms with Crippen LogP contribution in [0.2, 0.25) is 5.02 Å². The summed E-state index contributed by atoms with van der Waals surface area (Å²) in [6.45, 7) is 1.84. The Bertz CT molecular complexity index is 537. The molecule has 0 heterocycles. The van der Waals surface area contributed by atoms with Gasteiger partial charge in [0.05, 0.1) is 0 Å². The second kappa shape index (κ2) is 4.78. The number of rotatable bonds is 2. The molecule has 1 atom stereocenters. The van der Waals surface area contributed by atoms with Crippen molar-refractivity contribution in [3.05, 3.63) is 53.1 Å². The molecule has 3 N–H and O–H groups in total. The fraction of sp³-hybridized carbons (Fsp3) is 0.143. The highest BCUT2D eigenvalue weighted by Gasteiger charge is 2.08. The van der Waals surface area contributed by atoms with Crippen molar-refractivity contribution in [2.75, 3.05) is 0 Å². The number of phenols is 1. The molecule has 0 fully saturated rings. The largest absolute Gasteiger partial charge is 0.508 e. The lowest BCUT2D eigenvalue weighted by Gasteiger charge is -2.11. The van der Waals surface area contributed by atoms with Crippen LogP contribution in [0.4, 0.5) is 0 Å². The average molecular weight is 248 g/mol. The molecule has 2 nitrogen and oxygen atoms in total. The van der Waals surface area contributed by atoms with Crippen molar-refractivity contribution < 1.29 is 5.11 Å². The predicted octanol–water partition coefficient (Wildman–Crippen LogP) is 3.73. The fourth-order valence-electron chi connectivity index (χ4n) is 1.77. The highest BCUT2D eigenvalue weighted by atomic mass is 35.5. The maximum Gasteiger partial charge on any atom is 0.120 e. The highest BCUT2D eigenvalue weighted by Crippen LogP contribution is 2.30. The molecule has 0 radical (unpaired) electrons. The smallest absolute Gasteiger partial charge is 0.120 e. The second-order valence-electron chi connectivity index (χ2n) is 4.07. The van der Waals surface area contributed by atoms with Gasteiger partial charge in [0, 0.05) is 16.6 Å². The van der Waals surface area contributed by atoms with Gasteiger partial charge in [-0.05, 0) is 42.3 Å². The standard InChI is InChI=1S/C14H14ClNO/c1-9(16)13-8-11(5-6-14(13)17)10-3-2-4-12(15)7-10/h2-9,17H,16H2,1H3. The molecule has 0 aliphatic heterocycles. The van der Waals surface area contributed by atoms with E-state index >= 15 is 0 Å². The molecule has 2 aromatic carbocycles. The van der Waals surface area contributed by atoms with Crippen molar-refractivity contribution in [2.24, 2.45) is 5.73 Å². The van der Waals surface area contributed by atoms with Gasteiger partial charge in [-0.25, -0.2) is 0 Å². The number of nitrogens with two attached hydrogens (primary N) is 1. The Morgan fingerprint density at radius 1 is 1.12 bits per heavy atom. The van der Waals surface area contributed by atoms with Crippen LogP contribution in [0.25, 0.3) is 11.1 Å². The third-order valence-corrected chi connectivity index (χ3v) is 2.91. The van der Waals surface area contributed by atoms with Crippen molar-refractivity contribution in [3.63, 3.8) is 0 Å². The van der Waals surface area contributed by atoms with Crippen molar-refractivity contribution >= 4 is 11.6 Å². The number of aromatic hydroxyl groups is 1. The Balaban J connectivity index is 2.50. The van der Waals surface area contributed by atoms with E-state index in [1.165, 1.54) is 0 Å². The van der Waals surface area contributed by atoms with E-state index in [1.807, 2.05) is 43.3 Å². The molecule has 0 saturated carbocycles. The van der Waals surface area contributed by atoms with Crippen molar-refractivity contribution in [1.29, 1.82) is 0 Å². The minimum Gasteiger partial charge on any atom is -0.508 e. The van der Waals surface area contributed by atoms with Gasteiger partial charge >= 0.3 is 0 Å². The van der Waals surface area contributed by atoms with Gasteiger partial charge in [0.15, 0.2) is 0 Å². The molecule has 88 valence electrons. The zero-order valence-corrected chi connectivity index (χ0v) is 10.3. The van der Waals surface area contributed by atoms with Gasteiger partial charge in [-0.3, -0.25) is 0 Å². The van der Waals surface area contributed by atoms with Crippen molar-refractivity contribution in [3.8, 4) is 16.9 Å². The quantitative estimate of drug-likeness (QED) is 0.849. The van der Waals surface area contributed by atoms with E-state index in [9.17, 15) is 5.11 Å². The van der Waals surface area contributed by atoms with Gasteiger partial charge in [0.1, 0.15) is 5.75 Å². The molecule has 0 aliphatic carbocycles. The SMILES string of the molecule is CC(N)c1cc(-c2cccc(Cl)c2)ccc1O. The maximum absolute atomic E-state index is 9.70. The molecule has 2 rings (SSSR count). The number of hydrogen-bond donors (Lipinski definition) is 2. The van der Waals surface area contributed by atoms with Crippen LogP contribution in [-0.4, -0.2) is 5.11 Å². The summed E-state index contributed by atoms with van der Waals surface area (Å²) in [4.78, 5) is 0. The number of benzene rings is 2. The van der Waals surface area contributed by atoms with E-state index in [2.05, 4.69) is 0 Å². The molecule has 0 bridgehead atoms. The average Bonchev–Trinajstić information content (AvgIpc) is 2.29. The minimum absolute atomic E-state index is 0.200. The van der Waals surface area contributed by atoms with Gasteiger partial charge in [0.2, 0.25) is 0 Å². The van der Waals surface area contributed by atoms with Crippen LogP contribution < -0.4 is 5.73 Å². The summed E-state index contributed by atoms with van der Waals surface area (Å²) >= 11 is 5.95. The van der Waals surface area contributed by atoms with Crippen LogP contribution in [-0.2, 0) is 0 Å². The third kappa shape index (κ3) is 2.60. The monoisotopic (exact) mass is 247 g/mol. The number of hydrogen-bond acceptors (Lipinski definition) is 2. The Hall–Kier alpha value is -1.51. The first-order chi connectivity index (χ1) is 8.08. The maximum atomic E-state index is 9.70. The van der Waals surface area contributed by atoms with Crippen molar-refractivity contribution in [1.82, 2.24) is 0 Å². The van der Waals surface area contributed by atoms with E-state index in [-0.39, 0.29) is 11.8 Å². The summed E-state index contributed by atoms with van der Waals surface area (Å²) in [7, 11) is 0. The molecule has 17 heavy (non-hydrogen) atoms. The molecule has 0 aromatic heterocycles. The lowest BCUT2D eigenvalue weighted by molar-refractivity contribution is 0.464. The zero-order valence-electron chi connectivity index (χ0n) is 9.52. The van der Waals surface area contributed by atoms with Gasteiger partial charge in [-0.1, -0.05) is 29.8 Å². The number of halogens is 1. The highest BCUT2D eigenvalue weighted by molar-refractivity contribution is 6.30. The summed E-state index contributed by atoms with van der Waals surface area (Å²) < 4.78 is 0. The molecular weight excluding hydrogens is 234 g/mol. The summed E-state index contributed by atoms with van der Waals surface area (Å²) in [6, 6.07) is 12.8. The summed E-state index contributed by atoms with van der Waals surface area (Å²) in [6.07, 6.45) is 0. The molecule has 2 aromatic rings. The van der Waals surface area contributed by atoms with Crippen molar-refractivity contribution in [2.45, 2.75) is 13.0 Å². The Morgan fingerprint density at radius 3 is 2.47 bits per heavy atom. The minimum atomic E-state index is -0.200. The molecule has 0 spiro atoms. The van der Waals surface area contributed by atoms with Crippen LogP contribution in [0.5, 0.6) is 5.75 Å². The summed E-state index contributed by atoms with van der Waals surface area (Å²) in [5.74, 6) is 0.228. The first-order valence-electron chi connectivity index (χ1n) is 5.42. The molecule has 3 heteroatoms. The molecule has 1 unspecified atom stereocenters. The van der Waals surface area contributed by atoms with E-state index in [4.69, 9.17) is 17.3 Å². The first kappa shape index (κ1) is 12.0. The van der Waals surface area contributed by atoms with Crippen LogP contribution in [0.1, 0.15) is 18.5 Å². The summed E-state index contributed by atoms with van der Waals surface area (Å²) in [5, 5.41) is 10.4. The van der Waals surface area contributed by atoms with Gasteiger partial charge < -0.3 is 10.8 Å². The van der Waals surface area contributed by atoms with E-state index < -0.39 is 0 Å². The Kier molecular flexibility index (Phi) is 3.36. The topological polar surface area (TPSA) is 46.2 Å². The third-order valence-electron chi connectivity index (χ3n) is 2.68. The van der Waals surface area contributed by atoms with Crippen LogP contribution >= 0.6 is 11.6 Å². The van der Waals surface area contributed by atoms with Gasteiger partial charge in [-0.2, -0.15) is 0 Å². The van der Waals surface area contributed by atoms with Crippen LogP contribution in [0.3, 0.4) is 0 Å². The van der Waals surface area contributed by atoms with E-state index in [0.29, 0.717) is 5.02 Å². The van der Waals surface area contributed by atoms with Crippen LogP contribution in [0, 0.1) is 0 Å². The predicted molar refractivity (Wildman–Crippen MR) is 71.2 cm³/mol. The molecule has 0 saturated heterocycles. The first-order valence-corrected chi connectivity index (χ1v) is 5.80. The second-order valence-corrected chi connectivity index (χ2v) is 4.51. The Morgan fingerprint density at radius 2 is 1.82 bits per heavy atom. The van der Waals surface area contributed by atoms with E-state index in [0.717, 1.165) is 16.7 Å².